The van der Waals surface area contributed by atoms with Crippen molar-refractivity contribution < 1.29 is 4.79 Å². The molecule has 0 bridgehead atoms. The maximum atomic E-state index is 12.4. The van der Waals surface area contributed by atoms with Crippen LogP contribution in [0.5, 0.6) is 0 Å². The van der Waals surface area contributed by atoms with Gasteiger partial charge in [-0.2, -0.15) is 10.1 Å². The number of fused-ring (bicyclic) bond motifs is 1. The van der Waals surface area contributed by atoms with Crippen molar-refractivity contribution in [2.45, 2.75) is 38.6 Å². The monoisotopic (exact) mass is 311 g/mol. The number of aromatic nitrogens is 6. The second kappa shape index (κ2) is 5.45. The molecule has 8 nitrogen and oxygen atoms in total. The summed E-state index contributed by atoms with van der Waals surface area (Å²) in [5, 5.41) is 11.4. The fourth-order valence-electron chi connectivity index (χ4n) is 3.03. The number of rotatable bonds is 3. The van der Waals surface area contributed by atoms with E-state index in [2.05, 4.69) is 25.5 Å². The normalized spacial score (nSPS) is 15.3. The Labute approximate surface area is 132 Å². The first kappa shape index (κ1) is 13.9. The van der Waals surface area contributed by atoms with Gasteiger partial charge in [-0.15, -0.1) is 5.10 Å². The predicted molar refractivity (Wildman–Crippen MR) is 83.2 cm³/mol. The van der Waals surface area contributed by atoms with E-state index in [4.69, 9.17) is 0 Å². The highest BCUT2D eigenvalue weighted by Gasteiger charge is 2.22. The molecule has 1 aliphatic rings. The Kier molecular flexibility index (Phi) is 3.29. The third-order valence-electron chi connectivity index (χ3n) is 4.22. The smallest absolute Gasteiger partial charge is 0.296 e. The van der Waals surface area contributed by atoms with Gasteiger partial charge in [0.1, 0.15) is 5.82 Å². The molecular formula is C15H17N7O. The van der Waals surface area contributed by atoms with Crippen molar-refractivity contribution in [3.63, 3.8) is 0 Å². The topological polar surface area (TPSA) is 90.0 Å². The molecule has 1 saturated carbocycles. The first-order chi connectivity index (χ1) is 11.2. The molecule has 3 aromatic rings. The predicted octanol–water partition coefficient (Wildman–Crippen LogP) is 2.00. The first-order valence-electron chi connectivity index (χ1n) is 7.75. The highest BCUT2D eigenvalue weighted by Crippen LogP contribution is 2.31. The van der Waals surface area contributed by atoms with Gasteiger partial charge in [-0.1, -0.05) is 12.8 Å². The summed E-state index contributed by atoms with van der Waals surface area (Å²) in [4.78, 5) is 20.7. The van der Waals surface area contributed by atoms with Crippen LogP contribution in [0.25, 0.3) is 5.78 Å². The summed E-state index contributed by atoms with van der Waals surface area (Å²) in [5.74, 6) is 0.852. The van der Waals surface area contributed by atoms with Crippen LogP contribution in [-0.2, 0) is 0 Å². The summed E-state index contributed by atoms with van der Waals surface area (Å²) in [6, 6.07) is 3.98. The minimum absolute atomic E-state index is 0.103. The molecule has 0 unspecified atom stereocenters. The zero-order valence-corrected chi connectivity index (χ0v) is 12.8. The number of aryl methyl sites for hydroxylation is 1. The van der Waals surface area contributed by atoms with E-state index in [0.717, 1.165) is 18.5 Å². The third-order valence-corrected chi connectivity index (χ3v) is 4.22. The molecule has 0 aromatic carbocycles. The summed E-state index contributed by atoms with van der Waals surface area (Å²) in [7, 11) is 0. The minimum Gasteiger partial charge on any atom is -0.304 e. The van der Waals surface area contributed by atoms with E-state index in [1.807, 2.05) is 17.7 Å². The molecule has 1 fully saturated rings. The number of nitrogens with zero attached hydrogens (tertiary/aromatic N) is 6. The SMILES string of the molecule is Cc1ccnc2nc(C(=O)Nc3ccnn3C3CCCC3)nn12. The Balaban J connectivity index is 1.60. The van der Waals surface area contributed by atoms with Gasteiger partial charge in [-0.05, 0) is 25.8 Å². The van der Waals surface area contributed by atoms with Crippen molar-refractivity contribution >= 4 is 17.5 Å². The van der Waals surface area contributed by atoms with E-state index < -0.39 is 0 Å². The fourth-order valence-corrected chi connectivity index (χ4v) is 3.03. The van der Waals surface area contributed by atoms with Gasteiger partial charge in [0.05, 0.1) is 12.2 Å². The van der Waals surface area contributed by atoms with Crippen LogP contribution >= 0.6 is 0 Å². The summed E-state index contributed by atoms with van der Waals surface area (Å²) >= 11 is 0. The van der Waals surface area contributed by atoms with Crippen LogP contribution in [0.15, 0.2) is 24.5 Å². The molecule has 0 atom stereocenters. The Bertz CT molecular complexity index is 860. The van der Waals surface area contributed by atoms with E-state index in [1.54, 1.807) is 23.0 Å². The molecule has 23 heavy (non-hydrogen) atoms. The van der Waals surface area contributed by atoms with Gasteiger partial charge < -0.3 is 5.32 Å². The van der Waals surface area contributed by atoms with Crippen LogP contribution < -0.4 is 5.32 Å². The number of hydrogen-bond donors (Lipinski definition) is 1. The Morgan fingerprint density at radius 2 is 2.09 bits per heavy atom. The first-order valence-corrected chi connectivity index (χ1v) is 7.75. The van der Waals surface area contributed by atoms with E-state index in [-0.39, 0.29) is 11.7 Å². The minimum atomic E-state index is -0.352. The maximum absolute atomic E-state index is 12.4. The lowest BCUT2D eigenvalue weighted by Crippen LogP contribution is -2.19. The summed E-state index contributed by atoms with van der Waals surface area (Å²) in [6.45, 7) is 1.89. The van der Waals surface area contributed by atoms with Crippen LogP contribution in [0.4, 0.5) is 5.82 Å². The number of nitrogens with one attached hydrogen (secondary N) is 1. The van der Waals surface area contributed by atoms with Crippen LogP contribution in [0.3, 0.4) is 0 Å². The van der Waals surface area contributed by atoms with Crippen molar-refractivity contribution in [2.24, 2.45) is 0 Å². The van der Waals surface area contributed by atoms with E-state index >= 15 is 0 Å². The molecule has 1 aliphatic carbocycles. The molecule has 8 heteroatoms. The molecule has 3 aromatic heterocycles. The second-order valence-electron chi connectivity index (χ2n) is 5.79. The van der Waals surface area contributed by atoms with Crippen molar-refractivity contribution in [2.75, 3.05) is 5.32 Å². The van der Waals surface area contributed by atoms with Crippen LogP contribution in [0.1, 0.15) is 48.0 Å². The lowest BCUT2D eigenvalue weighted by atomic mass is 10.2. The number of hydrogen-bond acceptors (Lipinski definition) is 5. The van der Waals surface area contributed by atoms with Crippen molar-refractivity contribution in [3.8, 4) is 0 Å². The van der Waals surface area contributed by atoms with Gasteiger partial charge in [0.15, 0.2) is 0 Å². The van der Waals surface area contributed by atoms with E-state index in [1.165, 1.54) is 12.8 Å². The zero-order valence-electron chi connectivity index (χ0n) is 12.8. The van der Waals surface area contributed by atoms with E-state index in [9.17, 15) is 4.79 Å². The molecule has 4 rings (SSSR count). The molecule has 3 heterocycles. The Hall–Kier alpha value is -2.77. The van der Waals surface area contributed by atoms with Gasteiger partial charge in [-0.3, -0.25) is 4.79 Å². The van der Waals surface area contributed by atoms with Crippen molar-refractivity contribution in [3.05, 3.63) is 36.0 Å². The standard InChI is InChI=1S/C15H17N7O/c1-10-6-8-16-15-19-13(20-21(10)15)14(23)18-12-7-9-17-22(12)11-4-2-3-5-11/h6-9,11H,2-5H2,1H3,(H,18,23). The highest BCUT2D eigenvalue weighted by molar-refractivity contribution is 6.01. The van der Waals surface area contributed by atoms with Gasteiger partial charge in [0.25, 0.3) is 11.7 Å². The van der Waals surface area contributed by atoms with Crippen LogP contribution in [0.2, 0.25) is 0 Å². The number of anilines is 1. The summed E-state index contributed by atoms with van der Waals surface area (Å²) in [6.07, 6.45) is 7.96. The summed E-state index contributed by atoms with van der Waals surface area (Å²) < 4.78 is 3.45. The van der Waals surface area contributed by atoms with Gasteiger partial charge >= 0.3 is 0 Å². The lowest BCUT2D eigenvalue weighted by molar-refractivity contribution is 0.101. The third kappa shape index (κ3) is 2.45. The fraction of sp³-hybridized carbons (Fsp3) is 0.400. The Morgan fingerprint density at radius 1 is 1.26 bits per heavy atom. The van der Waals surface area contributed by atoms with Gasteiger partial charge in [0, 0.05) is 18.0 Å². The average molecular weight is 311 g/mol. The molecule has 1 N–H and O–H groups in total. The van der Waals surface area contributed by atoms with Gasteiger partial charge in [0.2, 0.25) is 5.82 Å². The second-order valence-corrected chi connectivity index (χ2v) is 5.79. The quantitative estimate of drug-likeness (QED) is 0.799. The molecule has 0 saturated heterocycles. The highest BCUT2D eigenvalue weighted by atomic mass is 16.2. The zero-order chi connectivity index (χ0) is 15.8. The molecular weight excluding hydrogens is 294 g/mol. The van der Waals surface area contributed by atoms with Crippen molar-refractivity contribution in [1.82, 2.24) is 29.4 Å². The molecule has 118 valence electrons. The molecule has 0 radical (unpaired) electrons. The van der Waals surface area contributed by atoms with Crippen molar-refractivity contribution in [1.29, 1.82) is 0 Å². The van der Waals surface area contributed by atoms with Crippen LogP contribution in [0, 0.1) is 6.92 Å². The number of carbonyl (C=O) groups excluding carboxylic acids is 1. The molecule has 0 aliphatic heterocycles. The summed E-state index contributed by atoms with van der Waals surface area (Å²) in [5.41, 5.74) is 0.873. The Morgan fingerprint density at radius 3 is 2.87 bits per heavy atom. The van der Waals surface area contributed by atoms with E-state index in [0.29, 0.717) is 17.6 Å². The maximum Gasteiger partial charge on any atom is 0.296 e. The van der Waals surface area contributed by atoms with Crippen LogP contribution in [-0.4, -0.2) is 35.3 Å². The average Bonchev–Trinajstić information content (AvgIpc) is 3.27. The lowest BCUT2D eigenvalue weighted by Gasteiger charge is -2.13. The molecule has 0 spiro atoms. The number of amides is 1. The molecule has 1 amide bonds. The largest absolute Gasteiger partial charge is 0.304 e. The van der Waals surface area contributed by atoms with Gasteiger partial charge in [-0.25, -0.2) is 14.2 Å². The number of carbonyl (C=O) groups is 1.